The van der Waals surface area contributed by atoms with E-state index in [0.717, 1.165) is 5.92 Å². The van der Waals surface area contributed by atoms with Gasteiger partial charge in [-0.1, -0.05) is 37.3 Å². The molecule has 1 aromatic heterocycles. The van der Waals surface area contributed by atoms with Crippen molar-refractivity contribution in [1.29, 1.82) is 0 Å². The third-order valence-corrected chi connectivity index (χ3v) is 4.61. The predicted octanol–water partition coefficient (Wildman–Crippen LogP) is 2.72. The first-order valence-corrected chi connectivity index (χ1v) is 7.18. The Morgan fingerprint density at radius 2 is 2.12 bits per heavy atom. The fourth-order valence-electron chi connectivity index (χ4n) is 3.55. The lowest BCUT2D eigenvalue weighted by Gasteiger charge is -2.13. The molecule has 1 aromatic rings. The molecule has 0 aliphatic heterocycles. The van der Waals surface area contributed by atoms with Gasteiger partial charge in [0.05, 0.1) is 0 Å². The maximum Gasteiger partial charge on any atom is 0.0436 e. The van der Waals surface area contributed by atoms with Gasteiger partial charge in [-0.05, 0) is 42.9 Å². The minimum absolute atomic E-state index is 1.03. The number of nitrogens with zero attached hydrogens (tertiary/aromatic N) is 1. The SMILES string of the molecule is Cn1ccc2c1=CCCC=2CCC1CCCC1. The molecule has 1 heterocycles. The third kappa shape index (κ3) is 2.20. The first-order valence-electron chi connectivity index (χ1n) is 7.18. The summed E-state index contributed by atoms with van der Waals surface area (Å²) in [6.07, 6.45) is 15.8. The fraction of sp³-hybridized carbons (Fsp3) is 0.625. The van der Waals surface area contributed by atoms with Gasteiger partial charge in [-0.25, -0.2) is 0 Å². The van der Waals surface area contributed by atoms with Gasteiger partial charge in [-0.2, -0.15) is 0 Å². The maximum absolute atomic E-state index is 2.40. The van der Waals surface area contributed by atoms with Crippen LogP contribution >= 0.6 is 0 Å². The molecule has 3 rings (SSSR count). The number of hydrogen-bond acceptors (Lipinski definition) is 0. The Bertz CT molecular complexity index is 500. The van der Waals surface area contributed by atoms with Crippen molar-refractivity contribution in [2.75, 3.05) is 0 Å². The number of rotatable bonds is 3. The Morgan fingerprint density at radius 3 is 2.94 bits per heavy atom. The monoisotopic (exact) mass is 229 g/mol. The van der Waals surface area contributed by atoms with Crippen LogP contribution in [0.25, 0.3) is 11.6 Å². The molecule has 0 spiro atoms. The summed E-state index contributed by atoms with van der Waals surface area (Å²) in [5.41, 5.74) is 1.72. The molecule has 0 bridgehead atoms. The third-order valence-electron chi connectivity index (χ3n) is 4.61. The van der Waals surface area contributed by atoms with Crippen LogP contribution in [-0.4, -0.2) is 4.57 Å². The topological polar surface area (TPSA) is 4.93 Å². The number of fused-ring (bicyclic) bond motifs is 1. The molecule has 0 unspecified atom stereocenters. The van der Waals surface area contributed by atoms with Gasteiger partial charge < -0.3 is 4.57 Å². The van der Waals surface area contributed by atoms with Gasteiger partial charge in [-0.15, -0.1) is 0 Å². The summed E-state index contributed by atoms with van der Waals surface area (Å²) in [6, 6.07) is 2.31. The van der Waals surface area contributed by atoms with E-state index in [9.17, 15) is 0 Å². The van der Waals surface area contributed by atoms with Crippen molar-refractivity contribution in [3.8, 4) is 0 Å². The molecule has 1 nitrogen and oxygen atoms in total. The molecule has 0 N–H and O–H groups in total. The first-order chi connectivity index (χ1) is 8.34. The normalized spacial score (nSPS) is 20.4. The van der Waals surface area contributed by atoms with E-state index in [1.165, 1.54) is 61.9 Å². The van der Waals surface area contributed by atoms with Crippen LogP contribution in [0.1, 0.15) is 51.4 Å². The summed E-state index contributed by atoms with van der Waals surface area (Å²) in [5.74, 6) is 1.03. The van der Waals surface area contributed by atoms with Crippen LogP contribution in [0.5, 0.6) is 0 Å². The Balaban J connectivity index is 1.80. The molecule has 2 aliphatic rings. The fourth-order valence-corrected chi connectivity index (χ4v) is 3.55. The Kier molecular flexibility index (Phi) is 3.09. The lowest BCUT2D eigenvalue weighted by molar-refractivity contribution is 0.509. The van der Waals surface area contributed by atoms with E-state index in [1.807, 2.05) is 0 Å². The van der Waals surface area contributed by atoms with Crippen LogP contribution in [0, 0.1) is 5.92 Å². The van der Waals surface area contributed by atoms with Gasteiger partial charge in [-0.3, -0.25) is 0 Å². The standard InChI is InChI=1S/C16H23N/c1-17-12-11-15-14(7-4-8-16(15)17)10-9-13-5-2-3-6-13/h8,11-13H,2-7,9-10H2,1H3. The maximum atomic E-state index is 2.40. The summed E-state index contributed by atoms with van der Waals surface area (Å²) in [4.78, 5) is 0. The van der Waals surface area contributed by atoms with Crippen LogP contribution in [0.15, 0.2) is 12.3 Å². The molecule has 0 atom stereocenters. The molecule has 92 valence electrons. The lowest BCUT2D eigenvalue weighted by Crippen LogP contribution is -2.31. The number of aromatic nitrogens is 1. The second kappa shape index (κ2) is 4.72. The van der Waals surface area contributed by atoms with Crippen LogP contribution in [0.3, 0.4) is 0 Å². The average molecular weight is 229 g/mol. The summed E-state index contributed by atoms with van der Waals surface area (Å²) in [6.45, 7) is 0. The van der Waals surface area contributed by atoms with Gasteiger partial charge in [0.1, 0.15) is 0 Å². The Morgan fingerprint density at radius 1 is 1.29 bits per heavy atom. The van der Waals surface area contributed by atoms with Gasteiger partial charge >= 0.3 is 0 Å². The zero-order valence-corrected chi connectivity index (χ0v) is 10.9. The number of aryl methyl sites for hydroxylation is 1. The van der Waals surface area contributed by atoms with Gasteiger partial charge in [0.2, 0.25) is 0 Å². The molecule has 0 radical (unpaired) electrons. The van der Waals surface area contributed by atoms with Gasteiger partial charge in [0.25, 0.3) is 0 Å². The Labute approximate surface area is 104 Å². The first kappa shape index (κ1) is 11.1. The molecule has 0 saturated heterocycles. The van der Waals surface area contributed by atoms with E-state index in [1.54, 1.807) is 5.57 Å². The largest absolute Gasteiger partial charge is 0.351 e. The highest BCUT2D eigenvalue weighted by atomic mass is 14.9. The summed E-state index contributed by atoms with van der Waals surface area (Å²) in [7, 11) is 2.16. The van der Waals surface area contributed by atoms with E-state index >= 15 is 0 Å². The van der Waals surface area contributed by atoms with Crippen molar-refractivity contribution in [1.82, 2.24) is 4.57 Å². The lowest BCUT2D eigenvalue weighted by atomic mass is 9.93. The van der Waals surface area contributed by atoms with E-state index in [4.69, 9.17) is 0 Å². The molecule has 0 aromatic carbocycles. The van der Waals surface area contributed by atoms with E-state index in [0.29, 0.717) is 0 Å². The van der Waals surface area contributed by atoms with Gasteiger partial charge in [0, 0.05) is 18.6 Å². The molecule has 1 heteroatoms. The number of hydrogen-bond donors (Lipinski definition) is 0. The second-order valence-electron chi connectivity index (χ2n) is 5.76. The van der Waals surface area contributed by atoms with Crippen LogP contribution < -0.4 is 10.6 Å². The highest BCUT2D eigenvalue weighted by molar-refractivity contribution is 5.50. The van der Waals surface area contributed by atoms with E-state index in [2.05, 4.69) is 30.0 Å². The van der Waals surface area contributed by atoms with Crippen molar-refractivity contribution >= 4 is 11.6 Å². The molecule has 1 saturated carbocycles. The van der Waals surface area contributed by atoms with Gasteiger partial charge in [0.15, 0.2) is 0 Å². The zero-order chi connectivity index (χ0) is 11.7. The predicted molar refractivity (Wildman–Crippen MR) is 73.0 cm³/mol. The summed E-state index contributed by atoms with van der Waals surface area (Å²) >= 11 is 0. The highest BCUT2D eigenvalue weighted by Crippen LogP contribution is 2.30. The molecular formula is C16H23N. The summed E-state index contributed by atoms with van der Waals surface area (Å²) < 4.78 is 2.27. The smallest absolute Gasteiger partial charge is 0.0436 e. The van der Waals surface area contributed by atoms with Crippen molar-refractivity contribution in [2.45, 2.75) is 51.4 Å². The molecule has 1 fully saturated rings. The molecule has 2 aliphatic carbocycles. The molecular weight excluding hydrogens is 206 g/mol. The zero-order valence-electron chi connectivity index (χ0n) is 10.9. The molecule has 0 amide bonds. The molecule has 17 heavy (non-hydrogen) atoms. The highest BCUT2D eigenvalue weighted by Gasteiger charge is 2.16. The van der Waals surface area contributed by atoms with Crippen molar-refractivity contribution in [3.05, 3.63) is 22.8 Å². The second-order valence-corrected chi connectivity index (χ2v) is 5.76. The Hall–Kier alpha value is -0.980. The van der Waals surface area contributed by atoms with Crippen LogP contribution in [0.4, 0.5) is 0 Å². The summed E-state index contributed by atoms with van der Waals surface area (Å²) in [5, 5.41) is 2.99. The minimum Gasteiger partial charge on any atom is -0.351 e. The van der Waals surface area contributed by atoms with Crippen LogP contribution in [-0.2, 0) is 7.05 Å². The average Bonchev–Trinajstić information content (AvgIpc) is 2.97. The van der Waals surface area contributed by atoms with Crippen LogP contribution in [0.2, 0.25) is 0 Å². The van der Waals surface area contributed by atoms with Crippen molar-refractivity contribution in [2.24, 2.45) is 13.0 Å². The van der Waals surface area contributed by atoms with Crippen molar-refractivity contribution < 1.29 is 0 Å². The van der Waals surface area contributed by atoms with E-state index < -0.39 is 0 Å². The van der Waals surface area contributed by atoms with Crippen molar-refractivity contribution in [3.63, 3.8) is 0 Å². The van der Waals surface area contributed by atoms with E-state index in [-0.39, 0.29) is 0 Å². The quantitative estimate of drug-likeness (QED) is 0.751. The minimum atomic E-state index is 1.03.